The number of sulfone groups is 1. The summed E-state index contributed by atoms with van der Waals surface area (Å²) in [4.78, 5) is 24.6. The lowest BCUT2D eigenvalue weighted by Crippen LogP contribution is -2.18. The van der Waals surface area contributed by atoms with Gasteiger partial charge >= 0.3 is 5.97 Å². The van der Waals surface area contributed by atoms with Gasteiger partial charge in [0.05, 0.1) is 16.3 Å². The number of carboxylic acid groups (broad SMARTS) is 1. The number of carboxylic acids is 1. The number of anilines is 1. The molecule has 0 aliphatic rings. The van der Waals surface area contributed by atoms with E-state index < -0.39 is 27.5 Å². The number of hydrogen-bond donors (Lipinski definition) is 3. The smallest absolute Gasteiger partial charge is 0.356 e. The van der Waals surface area contributed by atoms with E-state index in [4.69, 9.17) is 5.73 Å². The highest BCUT2D eigenvalue weighted by molar-refractivity contribution is 7.90. The molecule has 1 aromatic heterocycles. The van der Waals surface area contributed by atoms with E-state index in [9.17, 15) is 23.1 Å². The van der Waals surface area contributed by atoms with Crippen LogP contribution in [0.3, 0.4) is 0 Å². The normalized spacial score (nSPS) is 11.3. The minimum absolute atomic E-state index is 0.0472. The van der Waals surface area contributed by atoms with Gasteiger partial charge in [0.2, 0.25) is 0 Å². The molecule has 3 aromatic carbocycles. The first-order chi connectivity index (χ1) is 17.1. The topological polar surface area (TPSA) is 144 Å². The Bertz CT molecular complexity index is 1600. The van der Waals surface area contributed by atoms with Gasteiger partial charge in [0.1, 0.15) is 11.5 Å². The molecule has 0 saturated heterocycles. The predicted octanol–water partition coefficient (Wildman–Crippen LogP) is 3.49. The van der Waals surface area contributed by atoms with Crippen LogP contribution in [0, 0.1) is 5.82 Å². The van der Waals surface area contributed by atoms with Crippen LogP contribution in [0.25, 0.3) is 16.8 Å². The lowest BCUT2D eigenvalue weighted by atomic mass is 10.0. The molecule has 1 heterocycles. The van der Waals surface area contributed by atoms with E-state index in [0.717, 1.165) is 28.6 Å². The monoisotopic (exact) mass is 508 g/mol. The Labute approximate surface area is 205 Å². The highest BCUT2D eigenvalue weighted by Crippen LogP contribution is 2.30. The molecular weight excluding hydrogens is 487 g/mol. The van der Waals surface area contributed by atoms with Gasteiger partial charge in [-0.3, -0.25) is 4.79 Å². The van der Waals surface area contributed by atoms with Gasteiger partial charge in [-0.2, -0.15) is 5.10 Å². The maximum Gasteiger partial charge on any atom is 0.356 e. The SMILES string of the molecule is CS(=O)(=O)c1ccccc1-c1ccc(NC(=O)c2cc(C(=O)O)nn2-c2cccc(CN)c2)c(F)c1. The Morgan fingerprint density at radius 2 is 1.81 bits per heavy atom. The third kappa shape index (κ3) is 5.02. The molecular formula is C25H21FN4O5S. The van der Waals surface area contributed by atoms with Crippen LogP contribution in [0.1, 0.15) is 26.5 Å². The molecule has 0 unspecified atom stereocenters. The standard InChI is InChI=1S/C25H21FN4O5S/c1-36(34,35)23-8-3-2-7-18(23)16-9-10-20(19(26)12-16)28-24(31)22-13-21(25(32)33)29-30(22)17-6-4-5-15(11-17)14-27/h2-13H,14,27H2,1H3,(H,28,31)(H,32,33). The molecule has 36 heavy (non-hydrogen) atoms. The maximum absolute atomic E-state index is 15.0. The maximum atomic E-state index is 15.0. The summed E-state index contributed by atoms with van der Waals surface area (Å²) in [6.07, 6.45) is 1.06. The number of carbonyl (C=O) groups is 2. The van der Waals surface area contributed by atoms with Crippen molar-refractivity contribution in [2.75, 3.05) is 11.6 Å². The van der Waals surface area contributed by atoms with E-state index in [1.807, 2.05) is 0 Å². The van der Waals surface area contributed by atoms with Gasteiger partial charge in [0.25, 0.3) is 5.91 Å². The fourth-order valence-electron chi connectivity index (χ4n) is 3.66. The van der Waals surface area contributed by atoms with Crippen LogP contribution in [-0.4, -0.2) is 41.4 Å². The van der Waals surface area contributed by atoms with Crippen LogP contribution in [0.4, 0.5) is 10.1 Å². The summed E-state index contributed by atoms with van der Waals surface area (Å²) in [5.74, 6) is -2.94. The van der Waals surface area contributed by atoms with Crippen molar-refractivity contribution in [3.05, 3.63) is 95.6 Å². The van der Waals surface area contributed by atoms with Gasteiger partial charge in [-0.1, -0.05) is 36.4 Å². The van der Waals surface area contributed by atoms with E-state index in [-0.39, 0.29) is 28.5 Å². The fourth-order valence-corrected chi connectivity index (χ4v) is 4.57. The van der Waals surface area contributed by atoms with Gasteiger partial charge < -0.3 is 16.2 Å². The van der Waals surface area contributed by atoms with Gasteiger partial charge in [0.15, 0.2) is 15.5 Å². The minimum atomic E-state index is -3.56. The number of hydrogen-bond acceptors (Lipinski definition) is 6. The number of nitrogens with one attached hydrogen (secondary N) is 1. The van der Waals surface area contributed by atoms with Gasteiger partial charge in [-0.05, 0) is 41.5 Å². The van der Waals surface area contributed by atoms with Crippen LogP contribution in [0.15, 0.2) is 77.7 Å². The van der Waals surface area contributed by atoms with Crippen molar-refractivity contribution in [2.45, 2.75) is 11.4 Å². The largest absolute Gasteiger partial charge is 0.476 e. The molecule has 11 heteroatoms. The van der Waals surface area contributed by atoms with E-state index >= 15 is 4.39 Å². The Hall–Kier alpha value is -4.35. The lowest BCUT2D eigenvalue weighted by Gasteiger charge is -2.12. The number of aromatic carboxylic acids is 1. The van der Waals surface area contributed by atoms with E-state index in [0.29, 0.717) is 16.8 Å². The molecule has 0 atom stereocenters. The zero-order valence-corrected chi connectivity index (χ0v) is 19.8. The molecule has 0 fully saturated rings. The molecule has 0 saturated carbocycles. The number of aromatic nitrogens is 2. The number of nitrogens with zero attached hydrogens (tertiary/aromatic N) is 2. The molecule has 0 aliphatic carbocycles. The highest BCUT2D eigenvalue weighted by atomic mass is 32.2. The molecule has 4 aromatic rings. The molecule has 184 valence electrons. The van der Waals surface area contributed by atoms with Crippen LogP contribution < -0.4 is 11.1 Å². The molecule has 0 bridgehead atoms. The molecule has 1 amide bonds. The average molecular weight is 509 g/mol. The second-order valence-corrected chi connectivity index (χ2v) is 9.91. The highest BCUT2D eigenvalue weighted by Gasteiger charge is 2.22. The summed E-state index contributed by atoms with van der Waals surface area (Å²) in [5.41, 5.74) is 6.77. The van der Waals surface area contributed by atoms with Crippen molar-refractivity contribution >= 4 is 27.4 Å². The first-order valence-electron chi connectivity index (χ1n) is 10.6. The Balaban J connectivity index is 1.69. The molecule has 0 spiro atoms. The quantitative estimate of drug-likeness (QED) is 0.347. The second kappa shape index (κ2) is 9.72. The summed E-state index contributed by atoms with van der Waals surface area (Å²) < 4.78 is 40.4. The zero-order valence-electron chi connectivity index (χ0n) is 19.0. The number of halogens is 1. The van der Waals surface area contributed by atoms with Crippen molar-refractivity contribution in [3.8, 4) is 16.8 Å². The van der Waals surface area contributed by atoms with Gasteiger partial charge in [-0.25, -0.2) is 22.3 Å². The number of carbonyl (C=O) groups excluding carboxylic acids is 1. The zero-order chi connectivity index (χ0) is 26.0. The van der Waals surface area contributed by atoms with Crippen molar-refractivity contribution in [1.82, 2.24) is 9.78 Å². The van der Waals surface area contributed by atoms with E-state index in [1.165, 1.54) is 18.2 Å². The molecule has 4 N–H and O–H groups in total. The molecule has 0 radical (unpaired) electrons. The average Bonchev–Trinajstić information content (AvgIpc) is 3.31. The summed E-state index contributed by atoms with van der Waals surface area (Å²) >= 11 is 0. The number of benzene rings is 3. The van der Waals surface area contributed by atoms with Crippen molar-refractivity contribution < 1.29 is 27.5 Å². The minimum Gasteiger partial charge on any atom is -0.476 e. The van der Waals surface area contributed by atoms with Crippen molar-refractivity contribution in [3.63, 3.8) is 0 Å². The number of amides is 1. The number of nitrogens with two attached hydrogens (primary N) is 1. The summed E-state index contributed by atoms with van der Waals surface area (Å²) in [7, 11) is -3.56. The van der Waals surface area contributed by atoms with E-state index in [2.05, 4.69) is 10.4 Å². The number of rotatable bonds is 7. The molecule has 0 aliphatic heterocycles. The Morgan fingerprint density at radius 1 is 1.06 bits per heavy atom. The van der Waals surface area contributed by atoms with Crippen LogP contribution >= 0.6 is 0 Å². The predicted molar refractivity (Wildman–Crippen MR) is 131 cm³/mol. The Kier molecular flexibility index (Phi) is 6.69. The van der Waals surface area contributed by atoms with Crippen molar-refractivity contribution in [1.29, 1.82) is 0 Å². The lowest BCUT2D eigenvalue weighted by molar-refractivity contribution is 0.0689. The van der Waals surface area contributed by atoms with Gasteiger partial charge in [-0.15, -0.1) is 0 Å². The third-order valence-corrected chi connectivity index (χ3v) is 6.52. The Morgan fingerprint density at radius 3 is 2.47 bits per heavy atom. The van der Waals surface area contributed by atoms with Crippen LogP contribution in [0.5, 0.6) is 0 Å². The van der Waals surface area contributed by atoms with Gasteiger partial charge in [0, 0.05) is 24.4 Å². The van der Waals surface area contributed by atoms with Crippen LogP contribution in [-0.2, 0) is 16.4 Å². The first kappa shape index (κ1) is 24.8. The van der Waals surface area contributed by atoms with Crippen molar-refractivity contribution in [2.24, 2.45) is 5.73 Å². The molecule has 9 nitrogen and oxygen atoms in total. The summed E-state index contributed by atoms with van der Waals surface area (Å²) in [6.45, 7) is 0.225. The first-order valence-corrected chi connectivity index (χ1v) is 12.5. The third-order valence-electron chi connectivity index (χ3n) is 5.37. The summed E-state index contributed by atoms with van der Waals surface area (Å²) in [6, 6.07) is 17.9. The van der Waals surface area contributed by atoms with E-state index in [1.54, 1.807) is 42.5 Å². The fraction of sp³-hybridized carbons (Fsp3) is 0.0800. The summed E-state index contributed by atoms with van der Waals surface area (Å²) in [5, 5.41) is 15.8. The van der Waals surface area contributed by atoms with Crippen LogP contribution in [0.2, 0.25) is 0 Å². The second-order valence-electron chi connectivity index (χ2n) is 7.92. The molecule has 4 rings (SSSR count).